The van der Waals surface area contributed by atoms with Crippen LogP contribution >= 0.6 is 0 Å². The van der Waals surface area contributed by atoms with E-state index >= 15 is 0 Å². The lowest BCUT2D eigenvalue weighted by Gasteiger charge is -2.44. The number of anilines is 1. The monoisotopic (exact) mass is 416 g/mol. The number of likely N-dealkylation sites (tertiary alicyclic amines) is 1. The Labute approximate surface area is 181 Å². The highest BCUT2D eigenvalue weighted by Crippen LogP contribution is 2.49. The highest BCUT2D eigenvalue weighted by Gasteiger charge is 2.48. The molecule has 0 bridgehead atoms. The summed E-state index contributed by atoms with van der Waals surface area (Å²) in [5.74, 6) is -0.701. The van der Waals surface area contributed by atoms with Crippen LogP contribution < -0.4 is 4.90 Å². The Hall–Kier alpha value is -3.18. The van der Waals surface area contributed by atoms with E-state index in [1.807, 2.05) is 25.2 Å². The normalized spacial score (nSPS) is 22.2. The topological polar surface area (TPSA) is 43.8 Å². The van der Waals surface area contributed by atoms with E-state index in [1.165, 1.54) is 6.07 Å². The van der Waals surface area contributed by atoms with Gasteiger partial charge in [-0.15, -0.1) is 0 Å². The minimum Gasteiger partial charge on any atom is -0.394 e. The summed E-state index contributed by atoms with van der Waals surface area (Å²) >= 11 is 0. The number of fused-ring (bicyclic) bond motifs is 3. The maximum atomic E-state index is 14.4. The number of nitrogens with zero attached hydrogens (tertiary/aromatic N) is 2. The van der Waals surface area contributed by atoms with Crippen molar-refractivity contribution in [1.29, 1.82) is 0 Å². The van der Waals surface area contributed by atoms with E-state index in [9.17, 15) is 14.3 Å². The molecule has 1 saturated heterocycles. The van der Waals surface area contributed by atoms with Crippen molar-refractivity contribution in [3.63, 3.8) is 0 Å². The van der Waals surface area contributed by atoms with Crippen LogP contribution in [0.15, 0.2) is 72.8 Å². The lowest BCUT2D eigenvalue weighted by molar-refractivity contribution is 0.0689. The molecule has 3 aromatic rings. The van der Waals surface area contributed by atoms with Crippen LogP contribution in [0.4, 0.5) is 10.1 Å². The molecule has 3 aromatic carbocycles. The molecule has 2 aliphatic rings. The summed E-state index contributed by atoms with van der Waals surface area (Å²) in [6.07, 6.45) is 0.773. The Morgan fingerprint density at radius 2 is 1.77 bits per heavy atom. The predicted molar refractivity (Wildman–Crippen MR) is 119 cm³/mol. The minimum absolute atomic E-state index is 0.0132. The maximum Gasteiger partial charge on any atom is 0.257 e. The molecule has 1 N–H and O–H groups in total. The molecule has 0 spiro atoms. The largest absolute Gasteiger partial charge is 0.394 e. The van der Waals surface area contributed by atoms with Gasteiger partial charge >= 0.3 is 0 Å². The molecule has 0 aromatic heterocycles. The molecule has 2 heterocycles. The summed E-state index contributed by atoms with van der Waals surface area (Å²) in [6.45, 7) is 0.557. The van der Waals surface area contributed by atoms with Crippen molar-refractivity contribution in [2.45, 2.75) is 18.5 Å². The lowest BCUT2D eigenvalue weighted by Crippen LogP contribution is -2.48. The fourth-order valence-electron chi connectivity index (χ4n) is 5.28. The summed E-state index contributed by atoms with van der Waals surface area (Å²) in [7, 11) is 2.00. The highest BCUT2D eigenvalue weighted by atomic mass is 19.1. The molecule has 31 heavy (non-hydrogen) atoms. The SMILES string of the molecule is CN1c2ccc(-c3ccccc3)cc2[C@H]2[C@H](CCN2C(=O)c2ccccc2F)[C@@H]1CO. The number of hydrogen-bond donors (Lipinski definition) is 1. The Morgan fingerprint density at radius 3 is 2.52 bits per heavy atom. The lowest BCUT2D eigenvalue weighted by atomic mass is 9.81. The van der Waals surface area contributed by atoms with Crippen LogP contribution in [0.25, 0.3) is 11.1 Å². The van der Waals surface area contributed by atoms with Gasteiger partial charge in [-0.2, -0.15) is 0 Å². The molecule has 1 amide bonds. The van der Waals surface area contributed by atoms with Gasteiger partial charge in [-0.25, -0.2) is 4.39 Å². The van der Waals surface area contributed by atoms with Crippen LogP contribution in [0, 0.1) is 11.7 Å². The summed E-state index contributed by atoms with van der Waals surface area (Å²) < 4.78 is 14.4. The number of hydrogen-bond acceptors (Lipinski definition) is 3. The standard InChI is InChI=1S/C26H25FN2O2/c1-28-23-12-11-18(17-7-3-2-4-8-17)15-21(23)25-20(24(28)16-30)13-14-29(25)26(31)19-9-5-6-10-22(19)27/h2-12,15,20,24-25,30H,13-14,16H2,1H3/t20-,24+,25-/m1/s1. The van der Waals surface area contributed by atoms with Crippen LogP contribution in [0.1, 0.15) is 28.4 Å². The number of halogens is 1. The van der Waals surface area contributed by atoms with Crippen molar-refractivity contribution >= 4 is 11.6 Å². The molecule has 0 saturated carbocycles. The Balaban J connectivity index is 1.62. The Bertz CT molecular complexity index is 1120. The number of aliphatic hydroxyl groups is 1. The van der Waals surface area contributed by atoms with Gasteiger partial charge in [0.05, 0.1) is 24.3 Å². The molecule has 5 rings (SSSR count). The fraction of sp³-hybridized carbons (Fsp3) is 0.269. The van der Waals surface area contributed by atoms with Gasteiger partial charge in [0.1, 0.15) is 5.82 Å². The van der Waals surface area contributed by atoms with Crippen LogP contribution in [0.5, 0.6) is 0 Å². The molecule has 0 radical (unpaired) electrons. The second-order valence-electron chi connectivity index (χ2n) is 8.38. The van der Waals surface area contributed by atoms with Gasteiger partial charge in [0.2, 0.25) is 0 Å². The fourth-order valence-corrected chi connectivity index (χ4v) is 5.28. The van der Waals surface area contributed by atoms with Gasteiger partial charge in [-0.05, 0) is 47.4 Å². The van der Waals surface area contributed by atoms with Gasteiger partial charge < -0.3 is 14.9 Å². The first-order chi connectivity index (χ1) is 15.1. The highest BCUT2D eigenvalue weighted by molar-refractivity contribution is 5.95. The number of benzene rings is 3. The van der Waals surface area contributed by atoms with Gasteiger partial charge in [0, 0.05) is 25.2 Å². The van der Waals surface area contributed by atoms with E-state index in [0.717, 1.165) is 28.8 Å². The third kappa shape index (κ3) is 3.20. The number of aliphatic hydroxyl groups excluding tert-OH is 1. The summed E-state index contributed by atoms with van der Waals surface area (Å²) in [6, 6.07) is 22.3. The maximum absolute atomic E-state index is 14.4. The third-order valence-corrected chi connectivity index (χ3v) is 6.82. The average Bonchev–Trinajstić information content (AvgIpc) is 3.25. The predicted octanol–water partition coefficient (Wildman–Crippen LogP) is 4.51. The first-order valence-corrected chi connectivity index (χ1v) is 10.7. The number of carbonyl (C=O) groups is 1. The Morgan fingerprint density at radius 1 is 1.03 bits per heavy atom. The second-order valence-corrected chi connectivity index (χ2v) is 8.38. The zero-order chi connectivity index (χ0) is 21.5. The molecule has 5 heteroatoms. The van der Waals surface area contributed by atoms with E-state index in [0.29, 0.717) is 6.54 Å². The van der Waals surface area contributed by atoms with Crippen molar-refractivity contribution in [2.75, 3.05) is 25.1 Å². The molecular formula is C26H25FN2O2. The van der Waals surface area contributed by atoms with Gasteiger partial charge in [0.25, 0.3) is 5.91 Å². The summed E-state index contributed by atoms with van der Waals surface area (Å²) in [5, 5.41) is 10.1. The summed E-state index contributed by atoms with van der Waals surface area (Å²) in [5.41, 5.74) is 4.36. The number of likely N-dealkylation sites (N-methyl/N-ethyl adjacent to an activating group) is 1. The number of rotatable bonds is 3. The van der Waals surface area contributed by atoms with Crippen molar-refractivity contribution < 1.29 is 14.3 Å². The Kier molecular flexibility index (Phi) is 4.98. The van der Waals surface area contributed by atoms with Crippen molar-refractivity contribution in [3.05, 3.63) is 89.7 Å². The van der Waals surface area contributed by atoms with E-state index < -0.39 is 5.82 Å². The molecule has 1 fully saturated rings. The molecule has 0 unspecified atom stereocenters. The molecule has 3 atom stereocenters. The molecule has 4 nitrogen and oxygen atoms in total. The number of carbonyl (C=O) groups excluding carboxylic acids is 1. The second kappa shape index (κ2) is 7.82. The zero-order valence-corrected chi connectivity index (χ0v) is 17.4. The average molecular weight is 416 g/mol. The van der Waals surface area contributed by atoms with E-state index in [2.05, 4.69) is 35.2 Å². The van der Waals surface area contributed by atoms with Gasteiger partial charge in [0.15, 0.2) is 0 Å². The number of amides is 1. The molecule has 0 aliphatic carbocycles. The van der Waals surface area contributed by atoms with E-state index in [4.69, 9.17) is 0 Å². The van der Waals surface area contributed by atoms with Crippen molar-refractivity contribution in [3.8, 4) is 11.1 Å². The van der Waals surface area contributed by atoms with Crippen molar-refractivity contribution in [1.82, 2.24) is 4.90 Å². The summed E-state index contributed by atoms with van der Waals surface area (Å²) in [4.78, 5) is 17.3. The first-order valence-electron chi connectivity index (χ1n) is 10.7. The first kappa shape index (κ1) is 19.8. The molecule has 2 aliphatic heterocycles. The molecule has 158 valence electrons. The zero-order valence-electron chi connectivity index (χ0n) is 17.4. The van der Waals surface area contributed by atoms with Crippen LogP contribution in [0.3, 0.4) is 0 Å². The van der Waals surface area contributed by atoms with Gasteiger partial charge in [-0.1, -0.05) is 48.5 Å². The smallest absolute Gasteiger partial charge is 0.257 e. The molecular weight excluding hydrogens is 391 g/mol. The quantitative estimate of drug-likeness (QED) is 0.683. The van der Waals surface area contributed by atoms with E-state index in [1.54, 1.807) is 23.1 Å². The minimum atomic E-state index is -0.499. The van der Waals surface area contributed by atoms with Gasteiger partial charge in [-0.3, -0.25) is 4.79 Å². The van der Waals surface area contributed by atoms with Crippen LogP contribution in [-0.4, -0.2) is 42.2 Å². The van der Waals surface area contributed by atoms with Crippen LogP contribution in [-0.2, 0) is 0 Å². The third-order valence-electron chi connectivity index (χ3n) is 6.82. The van der Waals surface area contributed by atoms with Crippen molar-refractivity contribution in [2.24, 2.45) is 5.92 Å². The van der Waals surface area contributed by atoms with Crippen LogP contribution in [0.2, 0.25) is 0 Å². The van der Waals surface area contributed by atoms with E-state index in [-0.39, 0.29) is 36.1 Å².